The molecule has 0 heterocycles. The van der Waals surface area contributed by atoms with Crippen LogP contribution < -0.4 is 0 Å². The molecule has 0 aromatic heterocycles. The first kappa shape index (κ1) is 22.3. The van der Waals surface area contributed by atoms with E-state index in [-0.39, 0.29) is 0 Å². The molecule has 1 aliphatic rings. The van der Waals surface area contributed by atoms with Crippen molar-refractivity contribution >= 4 is 16.5 Å². The molecule has 1 atom stereocenters. The van der Waals surface area contributed by atoms with Gasteiger partial charge in [-0.2, -0.15) is 0 Å². The molecule has 1 fully saturated rings. The maximum Gasteiger partial charge on any atom is -0.0162 e. The third-order valence-corrected chi connectivity index (χ3v) is 5.39. The molecule has 1 unspecified atom stereocenters. The van der Waals surface area contributed by atoms with E-state index in [2.05, 4.69) is 90.4 Å². The highest BCUT2D eigenvalue weighted by Crippen LogP contribution is 2.38. The summed E-state index contributed by atoms with van der Waals surface area (Å²) in [6, 6.07) is 18.1. The molecule has 0 nitrogen and oxygen atoms in total. The molecule has 146 valence electrons. The van der Waals surface area contributed by atoms with Crippen LogP contribution in [0.5, 0.6) is 0 Å². The van der Waals surface area contributed by atoms with Crippen LogP contribution in [0.3, 0.4) is 0 Å². The maximum atomic E-state index is 3.85. The van der Waals surface area contributed by atoms with Gasteiger partial charge in [0.15, 0.2) is 0 Å². The van der Waals surface area contributed by atoms with E-state index in [1.165, 1.54) is 60.8 Å². The molecule has 1 saturated carbocycles. The second kappa shape index (κ2) is 11.8. The predicted molar refractivity (Wildman–Crippen MR) is 129 cm³/mol. The number of rotatable bonds is 5. The smallest absolute Gasteiger partial charge is 0.0162 e. The molecule has 3 rings (SSSR count). The van der Waals surface area contributed by atoms with E-state index < -0.39 is 0 Å². The van der Waals surface area contributed by atoms with Gasteiger partial charge in [0.1, 0.15) is 0 Å². The van der Waals surface area contributed by atoms with E-state index in [0.29, 0.717) is 7.61 Å². The van der Waals surface area contributed by atoms with E-state index in [1.807, 2.05) is 0 Å². The van der Waals surface area contributed by atoms with E-state index in [4.69, 9.17) is 0 Å². The molecule has 0 bridgehead atoms. The average Bonchev–Trinajstić information content (AvgIpc) is 2.67. The van der Waals surface area contributed by atoms with E-state index in [1.54, 1.807) is 0 Å². The summed E-state index contributed by atoms with van der Waals surface area (Å²) in [6.45, 7) is 10.4. The van der Waals surface area contributed by atoms with Gasteiger partial charge in [-0.3, -0.25) is 0 Å². The number of aryl methyl sites for hydroxylation is 1. The largest absolute Gasteiger partial charge is 0.112 e. The Hall–Kier alpha value is -0.960. The third-order valence-electron chi connectivity index (χ3n) is 5.39. The first-order chi connectivity index (χ1) is 13.0. The predicted octanol–water partition coefficient (Wildman–Crippen LogP) is 8.42. The van der Waals surface area contributed by atoms with Crippen LogP contribution in [0.15, 0.2) is 61.2 Å². The third kappa shape index (κ3) is 7.89. The molecule has 0 saturated heterocycles. The van der Waals surface area contributed by atoms with Crippen LogP contribution in [0.25, 0.3) is 11.1 Å². The SMILES string of the molecule is C=CCCC1CCC(c2ccc(-c3ccc(C)cc3)cc2)CC1.CP(C)P. The van der Waals surface area contributed by atoms with Crippen LogP contribution in [-0.4, -0.2) is 13.3 Å². The topological polar surface area (TPSA) is 0 Å². The summed E-state index contributed by atoms with van der Waals surface area (Å²) in [5, 5.41) is 0. The van der Waals surface area contributed by atoms with Crippen molar-refractivity contribution in [2.75, 3.05) is 13.3 Å². The molecule has 0 radical (unpaired) electrons. The van der Waals surface area contributed by atoms with Crippen LogP contribution >= 0.6 is 16.5 Å². The lowest BCUT2D eigenvalue weighted by atomic mass is 9.77. The van der Waals surface area contributed by atoms with E-state index >= 15 is 0 Å². The van der Waals surface area contributed by atoms with Gasteiger partial charge >= 0.3 is 0 Å². The summed E-state index contributed by atoms with van der Waals surface area (Å²) in [6.07, 6.45) is 10.1. The minimum absolute atomic E-state index is 0.296. The lowest BCUT2D eigenvalue weighted by Gasteiger charge is -2.28. The molecule has 0 aliphatic heterocycles. The Morgan fingerprint density at radius 3 is 1.89 bits per heavy atom. The van der Waals surface area contributed by atoms with Crippen molar-refractivity contribution in [2.45, 2.75) is 51.4 Å². The van der Waals surface area contributed by atoms with Gasteiger partial charge in [-0.05, 0) is 87.3 Å². The highest BCUT2D eigenvalue weighted by molar-refractivity contribution is 8.12. The number of benzene rings is 2. The highest BCUT2D eigenvalue weighted by Gasteiger charge is 2.21. The second-order valence-electron chi connectivity index (χ2n) is 8.04. The fraction of sp³-hybridized carbons (Fsp3) is 0.440. The molecular formula is C25H36P2. The van der Waals surface area contributed by atoms with Gasteiger partial charge in [-0.25, -0.2) is 0 Å². The summed E-state index contributed by atoms with van der Waals surface area (Å²) in [5.41, 5.74) is 5.49. The van der Waals surface area contributed by atoms with E-state index in [0.717, 1.165) is 11.8 Å². The number of allylic oxidation sites excluding steroid dienone is 1. The summed E-state index contributed by atoms with van der Waals surface area (Å²) in [5.74, 6) is 1.69. The second-order valence-corrected chi connectivity index (χ2v) is 13.1. The first-order valence-electron chi connectivity index (χ1n) is 10.2. The average molecular weight is 399 g/mol. The van der Waals surface area contributed by atoms with Crippen LogP contribution in [0, 0.1) is 12.8 Å². The molecule has 2 heteroatoms. The van der Waals surface area contributed by atoms with E-state index in [9.17, 15) is 0 Å². The molecule has 0 spiro atoms. The zero-order chi connectivity index (χ0) is 19.6. The summed E-state index contributed by atoms with van der Waals surface area (Å²) in [4.78, 5) is 0. The van der Waals surface area contributed by atoms with Crippen molar-refractivity contribution in [2.24, 2.45) is 5.92 Å². The van der Waals surface area contributed by atoms with Gasteiger partial charge < -0.3 is 0 Å². The van der Waals surface area contributed by atoms with Crippen molar-refractivity contribution in [3.63, 3.8) is 0 Å². The number of hydrogen-bond donors (Lipinski definition) is 0. The normalized spacial score (nSPS) is 19.3. The minimum atomic E-state index is 0.296. The Labute approximate surface area is 170 Å². The minimum Gasteiger partial charge on any atom is -0.112 e. The Morgan fingerprint density at radius 2 is 1.41 bits per heavy atom. The molecule has 27 heavy (non-hydrogen) atoms. The standard InChI is InChI=1S/C23H28.C2H8P2/c1-3-4-5-19-8-12-21(13-9-19)23-16-14-22(15-17-23)20-10-6-18(2)7-11-20;1-4(2)3/h3,6-7,10-11,14-17,19,21H,1,4-5,8-9,12-13H2,2H3;3H2,1-2H3. The quantitative estimate of drug-likeness (QED) is 0.350. The van der Waals surface area contributed by atoms with Crippen molar-refractivity contribution in [3.05, 3.63) is 72.3 Å². The van der Waals surface area contributed by atoms with Crippen LogP contribution in [-0.2, 0) is 0 Å². The molecule has 0 amide bonds. The maximum absolute atomic E-state index is 3.85. The lowest BCUT2D eigenvalue weighted by molar-refractivity contribution is 0.312. The van der Waals surface area contributed by atoms with Gasteiger partial charge in [0.05, 0.1) is 0 Å². The fourth-order valence-corrected chi connectivity index (χ4v) is 3.83. The molecular weight excluding hydrogens is 362 g/mol. The summed E-state index contributed by atoms with van der Waals surface area (Å²) >= 11 is 0. The molecule has 0 N–H and O–H groups in total. The van der Waals surface area contributed by atoms with Crippen molar-refractivity contribution in [1.82, 2.24) is 0 Å². The monoisotopic (exact) mass is 398 g/mol. The van der Waals surface area contributed by atoms with Crippen molar-refractivity contribution in [3.8, 4) is 11.1 Å². The summed E-state index contributed by atoms with van der Waals surface area (Å²) in [7, 11) is 3.02. The molecule has 2 aromatic rings. The number of hydrogen-bond acceptors (Lipinski definition) is 0. The highest BCUT2D eigenvalue weighted by atomic mass is 32.0. The van der Waals surface area contributed by atoms with Crippen molar-refractivity contribution in [1.29, 1.82) is 0 Å². The summed E-state index contributed by atoms with van der Waals surface area (Å²) < 4.78 is 0. The Kier molecular flexibility index (Phi) is 9.75. The van der Waals surface area contributed by atoms with Gasteiger partial charge in [-0.1, -0.05) is 67.8 Å². The van der Waals surface area contributed by atoms with Gasteiger partial charge in [-0.15, -0.1) is 15.5 Å². The zero-order valence-electron chi connectivity index (χ0n) is 17.3. The van der Waals surface area contributed by atoms with Crippen molar-refractivity contribution < 1.29 is 0 Å². The van der Waals surface area contributed by atoms with Gasteiger partial charge in [0, 0.05) is 0 Å². The van der Waals surface area contributed by atoms with Gasteiger partial charge in [0.25, 0.3) is 0 Å². The molecule has 1 aliphatic carbocycles. The van der Waals surface area contributed by atoms with Gasteiger partial charge in [0.2, 0.25) is 0 Å². The fourth-order valence-electron chi connectivity index (χ4n) is 3.83. The zero-order valence-corrected chi connectivity index (χ0v) is 19.4. The Bertz CT molecular complexity index is 660. The Balaban J connectivity index is 0.000000596. The molecule has 2 aromatic carbocycles. The van der Waals surface area contributed by atoms with Crippen LogP contribution in [0.4, 0.5) is 0 Å². The Morgan fingerprint density at radius 1 is 0.926 bits per heavy atom. The van der Waals surface area contributed by atoms with Crippen LogP contribution in [0.2, 0.25) is 0 Å². The first-order valence-corrected chi connectivity index (χ1v) is 14.0. The lowest BCUT2D eigenvalue weighted by Crippen LogP contribution is -2.13. The van der Waals surface area contributed by atoms with Crippen LogP contribution in [0.1, 0.15) is 55.6 Å².